The van der Waals surface area contributed by atoms with Gasteiger partial charge in [0.15, 0.2) is 0 Å². The third-order valence-electron chi connectivity index (χ3n) is 4.63. The van der Waals surface area contributed by atoms with E-state index >= 15 is 0 Å². The van der Waals surface area contributed by atoms with Crippen LogP contribution in [0.5, 0.6) is 0 Å². The van der Waals surface area contributed by atoms with Crippen molar-refractivity contribution in [1.29, 1.82) is 0 Å². The maximum Gasteiger partial charge on any atom is 0.254 e. The molecule has 1 aromatic heterocycles. The minimum atomic E-state index is -0.766. The van der Waals surface area contributed by atoms with Crippen LogP contribution in [0.2, 0.25) is 0 Å². The summed E-state index contributed by atoms with van der Waals surface area (Å²) in [4.78, 5) is 29.5. The lowest BCUT2D eigenvalue weighted by atomic mass is 10.0. The summed E-state index contributed by atoms with van der Waals surface area (Å²) in [7, 11) is 1.53. The van der Waals surface area contributed by atoms with Crippen LogP contribution in [0, 0.1) is 11.7 Å². The van der Waals surface area contributed by atoms with E-state index in [1.54, 1.807) is 36.7 Å². The van der Waals surface area contributed by atoms with Gasteiger partial charge in [0.25, 0.3) is 5.91 Å². The number of carbonyl (C=O) groups excluding carboxylic acids is 2. The number of β-amino-alcohol motifs (C(OH)–C–C–N with tert-alkyl or cyclic N) is 1. The van der Waals surface area contributed by atoms with Crippen LogP contribution in [-0.4, -0.2) is 53.0 Å². The Morgan fingerprint density at radius 2 is 2.00 bits per heavy atom. The van der Waals surface area contributed by atoms with Crippen molar-refractivity contribution in [2.75, 3.05) is 20.1 Å². The smallest absolute Gasteiger partial charge is 0.254 e. The van der Waals surface area contributed by atoms with Crippen molar-refractivity contribution in [3.05, 3.63) is 54.1 Å². The number of likely N-dealkylation sites (tertiary alicyclic amines) is 1. The number of pyridine rings is 1. The Balaban J connectivity index is 1.74. The first-order chi connectivity index (χ1) is 12.5. The highest BCUT2D eigenvalue weighted by molar-refractivity contribution is 5.95. The molecule has 0 aliphatic carbocycles. The fourth-order valence-corrected chi connectivity index (χ4v) is 3.16. The lowest BCUT2D eigenvalue weighted by Crippen LogP contribution is -2.30. The number of aliphatic hydroxyl groups excluding tert-OH is 1. The first kappa shape index (κ1) is 18.0. The minimum Gasteiger partial charge on any atom is -0.391 e. The van der Waals surface area contributed by atoms with Crippen molar-refractivity contribution < 1.29 is 19.1 Å². The second-order valence-electron chi connectivity index (χ2n) is 6.35. The summed E-state index contributed by atoms with van der Waals surface area (Å²) in [6, 6.07) is 7.73. The van der Waals surface area contributed by atoms with E-state index in [2.05, 4.69) is 10.3 Å². The standard InChI is InChI=1S/C19H20FN3O3/c1-21-18(25)9-14-10-23(11-17(14)24)19(26)13-2-3-15(16(20)8-13)12-4-6-22-7-5-12/h2-8,14,17,24H,9-11H2,1H3,(H,21,25)/t14-,17-/m1/s1. The van der Waals surface area contributed by atoms with Gasteiger partial charge >= 0.3 is 0 Å². The molecule has 0 saturated carbocycles. The second kappa shape index (κ2) is 7.61. The van der Waals surface area contributed by atoms with E-state index < -0.39 is 11.9 Å². The Labute approximate surface area is 150 Å². The van der Waals surface area contributed by atoms with Gasteiger partial charge in [0.1, 0.15) is 5.82 Å². The van der Waals surface area contributed by atoms with Gasteiger partial charge in [-0.05, 0) is 29.8 Å². The van der Waals surface area contributed by atoms with E-state index in [1.807, 2.05) is 0 Å². The zero-order chi connectivity index (χ0) is 18.7. The highest BCUT2D eigenvalue weighted by Gasteiger charge is 2.35. The fraction of sp³-hybridized carbons (Fsp3) is 0.316. The number of halogens is 1. The molecule has 0 radical (unpaired) electrons. The van der Waals surface area contributed by atoms with Crippen LogP contribution >= 0.6 is 0 Å². The number of amides is 2. The molecule has 1 fully saturated rings. The van der Waals surface area contributed by atoms with Crippen LogP contribution in [0.25, 0.3) is 11.1 Å². The molecule has 7 heteroatoms. The van der Waals surface area contributed by atoms with E-state index in [1.165, 1.54) is 18.0 Å². The molecular formula is C19H20FN3O3. The average Bonchev–Trinajstić information content (AvgIpc) is 3.02. The highest BCUT2D eigenvalue weighted by Crippen LogP contribution is 2.26. The van der Waals surface area contributed by atoms with Gasteiger partial charge in [0.2, 0.25) is 5.91 Å². The molecule has 136 valence electrons. The molecule has 2 heterocycles. The number of aliphatic hydroxyl groups is 1. The zero-order valence-corrected chi connectivity index (χ0v) is 14.4. The molecule has 6 nitrogen and oxygen atoms in total. The van der Waals surface area contributed by atoms with Gasteiger partial charge in [0.05, 0.1) is 6.10 Å². The summed E-state index contributed by atoms with van der Waals surface area (Å²) >= 11 is 0. The molecule has 0 spiro atoms. The molecule has 1 aliphatic rings. The molecular weight excluding hydrogens is 337 g/mol. The molecule has 1 saturated heterocycles. The molecule has 26 heavy (non-hydrogen) atoms. The predicted molar refractivity (Wildman–Crippen MR) is 93.7 cm³/mol. The van der Waals surface area contributed by atoms with Crippen LogP contribution in [0.4, 0.5) is 4.39 Å². The Morgan fingerprint density at radius 3 is 2.65 bits per heavy atom. The van der Waals surface area contributed by atoms with E-state index in [0.29, 0.717) is 11.1 Å². The summed E-state index contributed by atoms with van der Waals surface area (Å²) in [5, 5.41) is 12.6. The molecule has 2 aromatic rings. The SMILES string of the molecule is CNC(=O)C[C@@H]1CN(C(=O)c2ccc(-c3ccncc3)c(F)c2)C[C@H]1O. The Hall–Kier alpha value is -2.80. The normalized spacial score (nSPS) is 19.4. The van der Waals surface area contributed by atoms with E-state index in [4.69, 9.17) is 0 Å². The predicted octanol–water partition coefficient (Wildman–Crippen LogP) is 1.46. The average molecular weight is 357 g/mol. The number of carbonyl (C=O) groups is 2. The number of aromatic nitrogens is 1. The quantitative estimate of drug-likeness (QED) is 0.868. The Morgan fingerprint density at radius 1 is 1.27 bits per heavy atom. The number of nitrogens with one attached hydrogen (secondary N) is 1. The third kappa shape index (κ3) is 3.72. The maximum absolute atomic E-state index is 14.5. The van der Waals surface area contributed by atoms with Gasteiger partial charge in [-0.2, -0.15) is 0 Å². The van der Waals surface area contributed by atoms with Crippen molar-refractivity contribution in [3.8, 4) is 11.1 Å². The lowest BCUT2D eigenvalue weighted by Gasteiger charge is -2.16. The van der Waals surface area contributed by atoms with E-state index in [0.717, 1.165) is 0 Å². The van der Waals surface area contributed by atoms with Crippen LogP contribution < -0.4 is 5.32 Å². The van der Waals surface area contributed by atoms with Crippen molar-refractivity contribution >= 4 is 11.8 Å². The maximum atomic E-state index is 14.5. The van der Waals surface area contributed by atoms with Crippen LogP contribution in [0.1, 0.15) is 16.8 Å². The first-order valence-electron chi connectivity index (χ1n) is 8.37. The second-order valence-corrected chi connectivity index (χ2v) is 6.35. The third-order valence-corrected chi connectivity index (χ3v) is 4.63. The summed E-state index contributed by atoms with van der Waals surface area (Å²) in [6.45, 7) is 0.398. The largest absolute Gasteiger partial charge is 0.391 e. The first-order valence-corrected chi connectivity index (χ1v) is 8.37. The van der Waals surface area contributed by atoms with Crippen molar-refractivity contribution in [2.24, 2.45) is 5.92 Å². The molecule has 0 bridgehead atoms. The number of rotatable bonds is 4. The molecule has 2 atom stereocenters. The monoisotopic (exact) mass is 357 g/mol. The van der Waals surface area contributed by atoms with E-state index in [9.17, 15) is 19.1 Å². The minimum absolute atomic E-state index is 0.133. The summed E-state index contributed by atoms with van der Waals surface area (Å²) < 4.78 is 14.5. The summed E-state index contributed by atoms with van der Waals surface area (Å²) in [6.07, 6.45) is 2.53. The zero-order valence-electron chi connectivity index (χ0n) is 14.4. The van der Waals surface area contributed by atoms with Gasteiger partial charge < -0.3 is 15.3 Å². The molecule has 1 aliphatic heterocycles. The molecule has 3 rings (SSSR count). The number of hydrogen-bond donors (Lipinski definition) is 2. The molecule has 1 aromatic carbocycles. The molecule has 2 N–H and O–H groups in total. The van der Waals surface area contributed by atoms with Crippen LogP contribution in [0.3, 0.4) is 0 Å². The number of hydrogen-bond acceptors (Lipinski definition) is 4. The van der Waals surface area contributed by atoms with Gasteiger partial charge in [0, 0.05) is 56.0 Å². The van der Waals surface area contributed by atoms with Crippen LogP contribution in [-0.2, 0) is 4.79 Å². The fourth-order valence-electron chi connectivity index (χ4n) is 3.16. The van der Waals surface area contributed by atoms with Crippen molar-refractivity contribution in [1.82, 2.24) is 15.2 Å². The lowest BCUT2D eigenvalue weighted by molar-refractivity contribution is -0.122. The Bertz CT molecular complexity index is 813. The molecule has 2 amide bonds. The summed E-state index contributed by atoms with van der Waals surface area (Å²) in [5.74, 6) is -1.36. The van der Waals surface area contributed by atoms with Gasteiger partial charge in [-0.25, -0.2) is 4.39 Å². The topological polar surface area (TPSA) is 82.5 Å². The summed E-state index contributed by atoms with van der Waals surface area (Å²) in [5.41, 5.74) is 1.29. The van der Waals surface area contributed by atoms with Gasteiger partial charge in [-0.1, -0.05) is 6.07 Å². The molecule has 0 unspecified atom stereocenters. The van der Waals surface area contributed by atoms with Gasteiger partial charge in [-0.3, -0.25) is 14.6 Å². The van der Waals surface area contributed by atoms with Crippen LogP contribution in [0.15, 0.2) is 42.7 Å². The van der Waals surface area contributed by atoms with Gasteiger partial charge in [-0.15, -0.1) is 0 Å². The number of benzene rings is 1. The van der Waals surface area contributed by atoms with Crippen molar-refractivity contribution in [2.45, 2.75) is 12.5 Å². The Kier molecular flexibility index (Phi) is 5.27. The highest BCUT2D eigenvalue weighted by atomic mass is 19.1. The number of nitrogens with zero attached hydrogens (tertiary/aromatic N) is 2. The van der Waals surface area contributed by atoms with Crippen molar-refractivity contribution in [3.63, 3.8) is 0 Å². The van der Waals surface area contributed by atoms with E-state index in [-0.39, 0.29) is 42.8 Å².